The third-order valence-corrected chi connectivity index (χ3v) is 5.53. The highest BCUT2D eigenvalue weighted by Gasteiger charge is 2.15. The van der Waals surface area contributed by atoms with Gasteiger partial charge in [0, 0.05) is 35.2 Å². The number of para-hydroxylation sites is 1. The number of rotatable bonds is 9. The fourth-order valence-electron chi connectivity index (χ4n) is 3.79. The molecule has 0 saturated heterocycles. The maximum absolute atomic E-state index is 12.7. The molecule has 0 saturated carbocycles. The average Bonchev–Trinajstić information content (AvgIpc) is 3.06. The van der Waals surface area contributed by atoms with Crippen LogP contribution in [0, 0.1) is 18.3 Å². The van der Waals surface area contributed by atoms with Crippen molar-refractivity contribution < 1.29 is 9.53 Å². The molecule has 0 atom stereocenters. The lowest BCUT2D eigenvalue weighted by Gasteiger charge is -2.12. The molecule has 1 aromatic heterocycles. The van der Waals surface area contributed by atoms with E-state index in [-0.39, 0.29) is 11.5 Å². The summed E-state index contributed by atoms with van der Waals surface area (Å²) in [5.41, 5.74) is 4.12. The number of amides is 1. The molecule has 0 aliphatic rings. The van der Waals surface area contributed by atoms with E-state index < -0.39 is 0 Å². The number of methoxy groups -OCH3 is 1. The van der Waals surface area contributed by atoms with Gasteiger partial charge in [-0.05, 0) is 63.8 Å². The minimum absolute atomic E-state index is 0.0952. The van der Waals surface area contributed by atoms with Gasteiger partial charge in [0.2, 0.25) is 0 Å². The Bertz CT molecular complexity index is 1150. The van der Waals surface area contributed by atoms with E-state index in [1.165, 1.54) is 0 Å². The van der Waals surface area contributed by atoms with Gasteiger partial charge in [0.1, 0.15) is 17.4 Å². The number of nitrogens with zero attached hydrogens (tertiary/aromatic N) is 3. The molecule has 1 amide bonds. The van der Waals surface area contributed by atoms with Crippen molar-refractivity contribution in [2.45, 2.75) is 26.4 Å². The normalized spacial score (nSPS) is 11.6. The standard InChI is InChI=1S/C26H30N4O2/c1-19-24(23-8-5-6-9-25(23)30(19)15-7-14-29(2)3)16-21(17-27)26(31)28-18-20-10-12-22(32-4)13-11-20/h5-6,8-13,16H,7,14-15,18H2,1-4H3,(H,28,31)/b21-16-. The van der Waals surface area contributed by atoms with E-state index in [0.717, 1.165) is 53.0 Å². The zero-order valence-corrected chi connectivity index (χ0v) is 19.2. The van der Waals surface area contributed by atoms with Crippen molar-refractivity contribution in [3.05, 3.63) is 70.9 Å². The Kier molecular flexibility index (Phi) is 7.69. The van der Waals surface area contributed by atoms with Crippen LogP contribution in [-0.4, -0.2) is 43.1 Å². The van der Waals surface area contributed by atoms with Crippen molar-refractivity contribution in [3.63, 3.8) is 0 Å². The van der Waals surface area contributed by atoms with Crippen LogP contribution in [0.25, 0.3) is 17.0 Å². The van der Waals surface area contributed by atoms with Crippen molar-refractivity contribution in [2.75, 3.05) is 27.7 Å². The van der Waals surface area contributed by atoms with Gasteiger partial charge in [-0.3, -0.25) is 4.79 Å². The maximum atomic E-state index is 12.7. The lowest BCUT2D eigenvalue weighted by atomic mass is 10.1. The van der Waals surface area contributed by atoms with Gasteiger partial charge in [-0.15, -0.1) is 0 Å². The number of nitrogens with one attached hydrogen (secondary N) is 1. The number of ether oxygens (including phenoxy) is 1. The molecule has 0 radical (unpaired) electrons. The summed E-state index contributed by atoms with van der Waals surface area (Å²) in [6.45, 7) is 4.26. The molecule has 166 valence electrons. The largest absolute Gasteiger partial charge is 0.497 e. The van der Waals surface area contributed by atoms with Crippen molar-refractivity contribution in [3.8, 4) is 11.8 Å². The van der Waals surface area contributed by atoms with Crippen molar-refractivity contribution >= 4 is 22.9 Å². The Morgan fingerprint density at radius 3 is 2.56 bits per heavy atom. The summed E-state index contributed by atoms with van der Waals surface area (Å²) in [5, 5.41) is 13.6. The van der Waals surface area contributed by atoms with Gasteiger partial charge >= 0.3 is 0 Å². The van der Waals surface area contributed by atoms with E-state index in [9.17, 15) is 10.1 Å². The van der Waals surface area contributed by atoms with E-state index in [1.807, 2.05) is 49.4 Å². The molecule has 0 unspecified atom stereocenters. The SMILES string of the molecule is COc1ccc(CNC(=O)/C(C#N)=C\c2c(C)n(CCCN(C)C)c3ccccc23)cc1. The molecule has 6 nitrogen and oxygen atoms in total. The summed E-state index contributed by atoms with van der Waals surface area (Å²) >= 11 is 0. The molecule has 32 heavy (non-hydrogen) atoms. The molecule has 0 spiro atoms. The van der Waals surface area contributed by atoms with Crippen LogP contribution < -0.4 is 10.1 Å². The molecular formula is C26H30N4O2. The minimum atomic E-state index is -0.382. The molecule has 3 aromatic rings. The van der Waals surface area contributed by atoms with Crippen LogP contribution in [-0.2, 0) is 17.9 Å². The van der Waals surface area contributed by atoms with Crippen LogP contribution in [0.4, 0.5) is 0 Å². The van der Waals surface area contributed by atoms with Crippen molar-refractivity contribution in [1.29, 1.82) is 5.26 Å². The van der Waals surface area contributed by atoms with E-state index in [1.54, 1.807) is 13.2 Å². The van der Waals surface area contributed by atoms with Gasteiger partial charge in [-0.25, -0.2) is 0 Å². The van der Waals surface area contributed by atoms with E-state index >= 15 is 0 Å². The van der Waals surface area contributed by atoms with Crippen LogP contribution in [0.5, 0.6) is 5.75 Å². The molecule has 1 heterocycles. The Hall–Kier alpha value is -3.56. The van der Waals surface area contributed by atoms with Crippen LogP contribution in [0.2, 0.25) is 0 Å². The number of nitriles is 1. The van der Waals surface area contributed by atoms with Crippen LogP contribution in [0.3, 0.4) is 0 Å². The predicted octanol–water partition coefficient (Wildman–Crippen LogP) is 4.13. The van der Waals surface area contributed by atoms with Crippen molar-refractivity contribution in [2.24, 2.45) is 0 Å². The first-order chi connectivity index (χ1) is 15.4. The van der Waals surface area contributed by atoms with Gasteiger partial charge in [0.05, 0.1) is 7.11 Å². The number of fused-ring (bicyclic) bond motifs is 1. The molecule has 0 aliphatic heterocycles. The fraction of sp³-hybridized carbons (Fsp3) is 0.308. The predicted molar refractivity (Wildman–Crippen MR) is 128 cm³/mol. The molecule has 6 heteroatoms. The fourth-order valence-corrected chi connectivity index (χ4v) is 3.79. The van der Waals surface area contributed by atoms with Gasteiger partial charge in [0.15, 0.2) is 0 Å². The average molecular weight is 431 g/mol. The second-order valence-electron chi connectivity index (χ2n) is 8.03. The third kappa shape index (κ3) is 5.37. The van der Waals surface area contributed by atoms with Crippen LogP contribution >= 0.6 is 0 Å². The van der Waals surface area contributed by atoms with Gasteiger partial charge < -0.3 is 19.5 Å². The number of benzene rings is 2. The molecule has 0 fully saturated rings. The second kappa shape index (κ2) is 10.7. The topological polar surface area (TPSA) is 70.3 Å². The van der Waals surface area contributed by atoms with E-state index in [4.69, 9.17) is 4.74 Å². The number of carbonyl (C=O) groups is 1. The van der Waals surface area contributed by atoms with Gasteiger partial charge in [0.25, 0.3) is 5.91 Å². The Balaban J connectivity index is 1.84. The second-order valence-corrected chi connectivity index (χ2v) is 8.03. The van der Waals surface area contributed by atoms with Crippen LogP contribution in [0.15, 0.2) is 54.1 Å². The third-order valence-electron chi connectivity index (χ3n) is 5.53. The van der Waals surface area contributed by atoms with Crippen LogP contribution in [0.1, 0.15) is 23.2 Å². The highest BCUT2D eigenvalue weighted by Crippen LogP contribution is 2.28. The first kappa shape index (κ1) is 23.1. The van der Waals surface area contributed by atoms with Gasteiger partial charge in [-0.1, -0.05) is 30.3 Å². The monoisotopic (exact) mass is 430 g/mol. The molecule has 1 N–H and O–H groups in total. The molecular weight excluding hydrogens is 400 g/mol. The lowest BCUT2D eigenvalue weighted by molar-refractivity contribution is -0.117. The number of aryl methyl sites for hydroxylation is 1. The summed E-state index contributed by atoms with van der Waals surface area (Å²) in [5.74, 6) is 0.377. The molecule has 0 aliphatic carbocycles. The number of hydrogen-bond acceptors (Lipinski definition) is 4. The van der Waals surface area contributed by atoms with Crippen molar-refractivity contribution in [1.82, 2.24) is 14.8 Å². The smallest absolute Gasteiger partial charge is 0.262 e. The van der Waals surface area contributed by atoms with E-state index in [0.29, 0.717) is 6.54 Å². The Labute approximate surface area is 189 Å². The molecule has 3 rings (SSSR count). The highest BCUT2D eigenvalue weighted by molar-refractivity contribution is 6.04. The summed E-state index contributed by atoms with van der Waals surface area (Å²) in [6, 6.07) is 17.7. The summed E-state index contributed by atoms with van der Waals surface area (Å²) in [6.07, 6.45) is 2.73. The van der Waals surface area contributed by atoms with Gasteiger partial charge in [-0.2, -0.15) is 5.26 Å². The van der Waals surface area contributed by atoms with E-state index in [2.05, 4.69) is 41.0 Å². The minimum Gasteiger partial charge on any atom is -0.497 e. The quantitative estimate of drug-likeness (QED) is 0.409. The highest BCUT2D eigenvalue weighted by atomic mass is 16.5. The first-order valence-corrected chi connectivity index (χ1v) is 10.7. The first-order valence-electron chi connectivity index (χ1n) is 10.7. The number of aromatic nitrogens is 1. The number of hydrogen-bond donors (Lipinski definition) is 1. The lowest BCUT2D eigenvalue weighted by Crippen LogP contribution is -2.23. The summed E-state index contributed by atoms with van der Waals surface area (Å²) in [4.78, 5) is 14.9. The zero-order valence-electron chi connectivity index (χ0n) is 19.2. The summed E-state index contributed by atoms with van der Waals surface area (Å²) in [7, 11) is 5.75. The Morgan fingerprint density at radius 2 is 1.91 bits per heavy atom. The number of carbonyl (C=O) groups excluding carboxylic acids is 1. The Morgan fingerprint density at radius 1 is 1.19 bits per heavy atom. The molecule has 0 bridgehead atoms. The molecule has 2 aromatic carbocycles. The maximum Gasteiger partial charge on any atom is 0.262 e. The zero-order chi connectivity index (χ0) is 23.1. The summed E-state index contributed by atoms with van der Waals surface area (Å²) < 4.78 is 7.43.